The Kier molecular flexibility index (Phi) is 6.88. The summed E-state index contributed by atoms with van der Waals surface area (Å²) < 4.78 is 22.8. The van der Waals surface area contributed by atoms with Crippen LogP contribution in [0.25, 0.3) is 0 Å². The molecule has 0 unspecified atom stereocenters. The molecule has 0 fully saturated rings. The van der Waals surface area contributed by atoms with Crippen molar-refractivity contribution in [3.05, 3.63) is 68.8 Å². The van der Waals surface area contributed by atoms with Crippen molar-refractivity contribution in [2.45, 2.75) is 51.5 Å². The molecule has 2 N–H and O–H groups in total. The van der Waals surface area contributed by atoms with Gasteiger partial charge in [-0.3, -0.25) is 0 Å². The molecule has 172 valence electrons. The molecule has 4 aliphatic rings. The van der Waals surface area contributed by atoms with Crippen LogP contribution in [-0.2, 0) is 58.2 Å². The van der Waals surface area contributed by atoms with Gasteiger partial charge in [0, 0.05) is 13.1 Å². The minimum absolute atomic E-state index is 0.199. The Hall–Kier alpha value is -1.80. The van der Waals surface area contributed by atoms with Gasteiger partial charge in [-0.05, 0) is 71.4 Å². The minimum Gasteiger partial charge on any atom is -0.372 e. The zero-order valence-corrected chi connectivity index (χ0v) is 19.2. The molecule has 0 bridgehead atoms. The van der Waals surface area contributed by atoms with E-state index in [1.54, 1.807) is 0 Å². The van der Waals surface area contributed by atoms with Gasteiger partial charge in [0.15, 0.2) is 0 Å². The Morgan fingerprint density at radius 3 is 1.53 bits per heavy atom. The van der Waals surface area contributed by atoms with Crippen molar-refractivity contribution < 1.29 is 18.9 Å². The van der Waals surface area contributed by atoms with Crippen LogP contribution in [0, 0.1) is 0 Å². The molecule has 0 aliphatic carbocycles. The van der Waals surface area contributed by atoms with Crippen molar-refractivity contribution in [1.82, 2.24) is 10.6 Å². The van der Waals surface area contributed by atoms with Gasteiger partial charge in [0.1, 0.15) is 0 Å². The van der Waals surface area contributed by atoms with Crippen LogP contribution in [0.1, 0.15) is 56.7 Å². The van der Waals surface area contributed by atoms with E-state index < -0.39 is 0 Å². The number of likely N-dealkylation sites (N-methyl/N-ethyl adjacent to an activating group) is 2. The third-order valence-electron chi connectivity index (χ3n) is 6.90. The van der Waals surface area contributed by atoms with Gasteiger partial charge in [-0.15, -0.1) is 0 Å². The van der Waals surface area contributed by atoms with Crippen molar-refractivity contribution in [3.63, 3.8) is 0 Å². The predicted octanol–water partition coefficient (Wildman–Crippen LogP) is 3.10. The number of benzene rings is 2. The molecule has 2 atom stereocenters. The smallest absolute Gasteiger partial charge is 0.0955 e. The molecule has 6 rings (SSSR count). The number of fused-ring (bicyclic) bond motifs is 6. The van der Waals surface area contributed by atoms with Crippen molar-refractivity contribution in [1.29, 1.82) is 0 Å². The summed E-state index contributed by atoms with van der Waals surface area (Å²) in [6.45, 7) is 6.44. The number of hydrogen-bond donors (Lipinski definition) is 2. The first kappa shape index (κ1) is 22.0. The Morgan fingerprint density at radius 2 is 1.09 bits per heavy atom. The summed E-state index contributed by atoms with van der Waals surface area (Å²) in [6.07, 6.45) is 2.46. The third-order valence-corrected chi connectivity index (χ3v) is 6.90. The summed E-state index contributed by atoms with van der Waals surface area (Å²) in [5.41, 5.74) is 11.1. The van der Waals surface area contributed by atoms with E-state index in [0.717, 1.165) is 65.6 Å². The lowest BCUT2D eigenvalue weighted by Crippen LogP contribution is -2.26. The molecule has 6 nitrogen and oxygen atoms in total. The van der Waals surface area contributed by atoms with Crippen LogP contribution in [0.15, 0.2) is 24.3 Å². The van der Waals surface area contributed by atoms with Gasteiger partial charge >= 0.3 is 0 Å². The van der Waals surface area contributed by atoms with E-state index in [1.807, 2.05) is 14.1 Å². The third kappa shape index (κ3) is 4.23. The lowest BCUT2D eigenvalue weighted by atomic mass is 9.90. The Labute approximate surface area is 190 Å². The Morgan fingerprint density at radius 1 is 0.656 bits per heavy atom. The van der Waals surface area contributed by atoms with Crippen LogP contribution in [0.4, 0.5) is 0 Å². The lowest BCUT2D eigenvalue weighted by molar-refractivity contribution is 0.0420. The van der Waals surface area contributed by atoms with Crippen LogP contribution in [0.5, 0.6) is 0 Å². The second-order valence-electron chi connectivity index (χ2n) is 8.87. The molecule has 32 heavy (non-hydrogen) atoms. The maximum atomic E-state index is 5.85. The van der Waals surface area contributed by atoms with E-state index in [0.29, 0.717) is 0 Å². The molecular weight excluding hydrogens is 404 g/mol. The van der Waals surface area contributed by atoms with E-state index in [4.69, 9.17) is 18.9 Å². The normalized spacial score (nSPS) is 22.9. The topological polar surface area (TPSA) is 61.0 Å². The summed E-state index contributed by atoms with van der Waals surface area (Å²) in [5.74, 6) is 0. The first-order valence-corrected chi connectivity index (χ1v) is 11.7. The van der Waals surface area contributed by atoms with E-state index in [1.165, 1.54) is 44.5 Å². The van der Waals surface area contributed by atoms with E-state index >= 15 is 0 Å². The fourth-order valence-corrected chi connectivity index (χ4v) is 5.37. The molecule has 2 aromatic carbocycles. The van der Waals surface area contributed by atoms with Crippen molar-refractivity contribution in [2.24, 2.45) is 0 Å². The quantitative estimate of drug-likeness (QED) is 0.765. The van der Waals surface area contributed by atoms with E-state index in [2.05, 4.69) is 34.9 Å². The maximum absolute atomic E-state index is 5.85. The zero-order valence-electron chi connectivity index (χ0n) is 19.2. The zero-order chi connectivity index (χ0) is 21.9. The lowest BCUT2D eigenvalue weighted by Gasteiger charge is -2.28. The van der Waals surface area contributed by atoms with Gasteiger partial charge in [0.2, 0.25) is 0 Å². The average Bonchev–Trinajstić information content (AvgIpc) is 3.49. The van der Waals surface area contributed by atoms with E-state index in [-0.39, 0.29) is 12.2 Å². The van der Waals surface area contributed by atoms with Crippen molar-refractivity contribution >= 4 is 0 Å². The second-order valence-corrected chi connectivity index (χ2v) is 8.87. The molecular formula is C26H34N2O4. The molecule has 0 aromatic heterocycles. The average molecular weight is 439 g/mol. The predicted molar refractivity (Wildman–Crippen MR) is 123 cm³/mol. The van der Waals surface area contributed by atoms with E-state index in [9.17, 15) is 0 Å². The highest BCUT2D eigenvalue weighted by Crippen LogP contribution is 2.36. The summed E-state index contributed by atoms with van der Waals surface area (Å²) >= 11 is 0. The number of hydrogen-bond acceptors (Lipinski definition) is 6. The van der Waals surface area contributed by atoms with Crippen molar-refractivity contribution in [2.75, 3.05) is 40.4 Å². The van der Waals surface area contributed by atoms with Gasteiger partial charge in [-0.25, -0.2) is 0 Å². The first-order valence-electron chi connectivity index (χ1n) is 11.7. The molecule has 0 radical (unpaired) electrons. The van der Waals surface area contributed by atoms with Crippen LogP contribution in [0.2, 0.25) is 0 Å². The summed E-state index contributed by atoms with van der Waals surface area (Å²) in [4.78, 5) is 0. The molecule has 6 heteroatoms. The van der Waals surface area contributed by atoms with Crippen LogP contribution in [-0.4, -0.2) is 40.4 Å². The molecule has 2 aromatic rings. The Balaban J connectivity index is 0.000000135. The molecule has 0 spiro atoms. The standard InChI is InChI=1S/2C13H17NO2/c2*1-14-6-12-13-9(4-5-16-12)2-3-10-7-15-8-11(10)13/h2*2-3,12,14H,4-8H2,1H3/t2*12-/m10/s1. The van der Waals surface area contributed by atoms with Crippen molar-refractivity contribution in [3.8, 4) is 0 Å². The van der Waals surface area contributed by atoms with Gasteiger partial charge in [0.05, 0.1) is 51.8 Å². The minimum atomic E-state index is 0.199. The number of rotatable bonds is 4. The molecule has 0 amide bonds. The van der Waals surface area contributed by atoms with Crippen LogP contribution in [0.3, 0.4) is 0 Å². The summed E-state index contributed by atoms with van der Waals surface area (Å²) in [5, 5.41) is 6.41. The van der Waals surface area contributed by atoms with Gasteiger partial charge in [-0.2, -0.15) is 0 Å². The van der Waals surface area contributed by atoms with Crippen LogP contribution < -0.4 is 10.6 Å². The number of ether oxygens (including phenoxy) is 4. The largest absolute Gasteiger partial charge is 0.372 e. The van der Waals surface area contributed by atoms with Gasteiger partial charge in [-0.1, -0.05) is 24.3 Å². The summed E-state index contributed by atoms with van der Waals surface area (Å²) in [6, 6.07) is 8.91. The molecule has 0 saturated heterocycles. The van der Waals surface area contributed by atoms with Crippen LogP contribution >= 0.6 is 0 Å². The fourth-order valence-electron chi connectivity index (χ4n) is 5.37. The maximum Gasteiger partial charge on any atom is 0.0955 e. The highest BCUT2D eigenvalue weighted by molar-refractivity contribution is 5.45. The molecule has 4 aliphatic heterocycles. The highest BCUT2D eigenvalue weighted by Gasteiger charge is 2.28. The van der Waals surface area contributed by atoms with Gasteiger partial charge in [0.25, 0.3) is 0 Å². The van der Waals surface area contributed by atoms with Gasteiger partial charge < -0.3 is 29.6 Å². The first-order chi connectivity index (χ1) is 15.8. The Bertz CT molecular complexity index is 884. The SMILES string of the molecule is CNC[C@@H]1OCCc2ccc3c(c21)COC3.CNC[C@H]1OCCc2ccc3c(c21)COC3. The number of nitrogens with one attached hydrogen (secondary N) is 2. The highest BCUT2D eigenvalue weighted by atomic mass is 16.5. The fraction of sp³-hybridized carbons (Fsp3) is 0.538. The molecule has 4 heterocycles. The summed E-state index contributed by atoms with van der Waals surface area (Å²) in [7, 11) is 3.94. The second kappa shape index (κ2) is 10.00. The molecule has 0 saturated carbocycles. The monoisotopic (exact) mass is 438 g/mol.